The quantitative estimate of drug-likeness (QED) is 0.762. The van der Waals surface area contributed by atoms with Gasteiger partial charge in [0.05, 0.1) is 24.5 Å². The molecule has 0 radical (unpaired) electrons. The summed E-state index contributed by atoms with van der Waals surface area (Å²) in [6.45, 7) is 4.82. The second-order valence-corrected chi connectivity index (χ2v) is 4.65. The lowest BCUT2D eigenvalue weighted by Gasteiger charge is -2.28. The number of pyridine rings is 1. The third kappa shape index (κ3) is 1.92. The van der Waals surface area contributed by atoms with Gasteiger partial charge in [-0.2, -0.15) is 10.4 Å². The monoisotopic (exact) mass is 257 g/mol. The first-order chi connectivity index (χ1) is 9.20. The van der Waals surface area contributed by atoms with Crippen molar-refractivity contribution in [3.05, 3.63) is 17.3 Å². The van der Waals surface area contributed by atoms with Crippen LogP contribution in [-0.4, -0.2) is 41.1 Å². The van der Waals surface area contributed by atoms with Crippen LogP contribution in [0.5, 0.6) is 0 Å². The SMILES string of the molecule is Cc1nn(C)c2nc(N3CCOCC3)c(C#N)cc12. The Morgan fingerprint density at radius 1 is 1.37 bits per heavy atom. The Labute approximate surface area is 111 Å². The van der Waals surface area contributed by atoms with Crippen LogP contribution in [0.1, 0.15) is 11.3 Å². The van der Waals surface area contributed by atoms with E-state index in [2.05, 4.69) is 21.1 Å². The van der Waals surface area contributed by atoms with Crippen molar-refractivity contribution >= 4 is 16.9 Å². The smallest absolute Gasteiger partial charge is 0.160 e. The van der Waals surface area contributed by atoms with Crippen molar-refractivity contribution in [3.63, 3.8) is 0 Å². The Balaban J connectivity index is 2.17. The predicted octanol–water partition coefficient (Wildman–Crippen LogP) is 0.985. The minimum Gasteiger partial charge on any atom is -0.378 e. The number of morpholine rings is 1. The Kier molecular flexibility index (Phi) is 2.84. The van der Waals surface area contributed by atoms with Gasteiger partial charge in [-0.1, -0.05) is 0 Å². The Bertz CT molecular complexity index is 664. The molecule has 0 atom stereocenters. The van der Waals surface area contributed by atoms with Crippen molar-refractivity contribution in [1.29, 1.82) is 5.26 Å². The topological polar surface area (TPSA) is 67.0 Å². The molecule has 1 fully saturated rings. The number of rotatable bonds is 1. The molecule has 98 valence electrons. The first-order valence-electron chi connectivity index (χ1n) is 6.28. The highest BCUT2D eigenvalue weighted by atomic mass is 16.5. The van der Waals surface area contributed by atoms with E-state index < -0.39 is 0 Å². The maximum absolute atomic E-state index is 9.33. The lowest BCUT2D eigenvalue weighted by molar-refractivity contribution is 0.122. The van der Waals surface area contributed by atoms with Crippen molar-refractivity contribution in [2.24, 2.45) is 7.05 Å². The molecule has 3 rings (SSSR count). The summed E-state index contributed by atoms with van der Waals surface area (Å²) in [6.07, 6.45) is 0. The maximum atomic E-state index is 9.33. The van der Waals surface area contributed by atoms with Crippen LogP contribution < -0.4 is 4.90 Å². The van der Waals surface area contributed by atoms with E-state index in [1.165, 1.54) is 0 Å². The Morgan fingerprint density at radius 3 is 2.79 bits per heavy atom. The molecule has 6 nitrogen and oxygen atoms in total. The van der Waals surface area contributed by atoms with Crippen molar-refractivity contribution in [2.45, 2.75) is 6.92 Å². The van der Waals surface area contributed by atoms with E-state index in [0.29, 0.717) is 18.8 Å². The third-order valence-corrected chi connectivity index (χ3v) is 3.41. The maximum Gasteiger partial charge on any atom is 0.160 e. The van der Waals surface area contributed by atoms with Gasteiger partial charge in [0.25, 0.3) is 0 Å². The molecule has 0 aliphatic carbocycles. The highest BCUT2D eigenvalue weighted by molar-refractivity contribution is 5.82. The highest BCUT2D eigenvalue weighted by Crippen LogP contribution is 2.25. The van der Waals surface area contributed by atoms with Crippen molar-refractivity contribution in [3.8, 4) is 6.07 Å². The number of nitrogens with zero attached hydrogens (tertiary/aromatic N) is 5. The van der Waals surface area contributed by atoms with Gasteiger partial charge in [-0.3, -0.25) is 4.68 Å². The lowest BCUT2D eigenvalue weighted by atomic mass is 10.2. The second kappa shape index (κ2) is 4.52. The number of fused-ring (bicyclic) bond motifs is 1. The molecular weight excluding hydrogens is 242 g/mol. The Morgan fingerprint density at radius 2 is 2.11 bits per heavy atom. The summed E-state index contributed by atoms with van der Waals surface area (Å²) >= 11 is 0. The van der Waals surface area contributed by atoms with Gasteiger partial charge in [-0.15, -0.1) is 0 Å². The van der Waals surface area contributed by atoms with E-state index in [0.717, 1.165) is 35.6 Å². The van der Waals surface area contributed by atoms with Gasteiger partial charge >= 0.3 is 0 Å². The molecule has 0 amide bonds. The van der Waals surface area contributed by atoms with Crippen LogP contribution >= 0.6 is 0 Å². The normalized spacial score (nSPS) is 15.7. The first-order valence-corrected chi connectivity index (χ1v) is 6.28. The van der Waals surface area contributed by atoms with Crippen molar-refractivity contribution in [1.82, 2.24) is 14.8 Å². The summed E-state index contributed by atoms with van der Waals surface area (Å²) in [6, 6.07) is 4.12. The fraction of sp³-hybridized carbons (Fsp3) is 0.462. The van der Waals surface area contributed by atoms with Crippen LogP contribution in [0.15, 0.2) is 6.07 Å². The molecule has 19 heavy (non-hydrogen) atoms. The van der Waals surface area contributed by atoms with Crippen LogP contribution in [0.4, 0.5) is 5.82 Å². The fourth-order valence-corrected chi connectivity index (χ4v) is 2.43. The minimum absolute atomic E-state index is 0.602. The van der Waals surface area contributed by atoms with Gasteiger partial charge in [-0.05, 0) is 13.0 Å². The molecule has 1 aliphatic heterocycles. The number of aryl methyl sites for hydroxylation is 2. The van der Waals surface area contributed by atoms with Gasteiger partial charge in [-0.25, -0.2) is 4.98 Å². The molecule has 6 heteroatoms. The van der Waals surface area contributed by atoms with Gasteiger partial charge in [0.2, 0.25) is 0 Å². The molecule has 0 N–H and O–H groups in total. The third-order valence-electron chi connectivity index (χ3n) is 3.41. The fourth-order valence-electron chi connectivity index (χ4n) is 2.43. The molecule has 2 aromatic heterocycles. The van der Waals surface area contributed by atoms with Crippen molar-refractivity contribution in [2.75, 3.05) is 31.2 Å². The molecule has 3 heterocycles. The standard InChI is InChI=1S/C13H15N5O/c1-9-11-7-10(8-14)12(15-13(11)17(2)16-9)18-3-5-19-6-4-18/h7H,3-6H2,1-2H3. The van der Waals surface area contributed by atoms with E-state index in [4.69, 9.17) is 4.74 Å². The molecule has 0 unspecified atom stereocenters. The number of aromatic nitrogens is 3. The summed E-state index contributed by atoms with van der Waals surface area (Å²) < 4.78 is 7.10. The second-order valence-electron chi connectivity index (χ2n) is 4.65. The molecule has 1 saturated heterocycles. The molecule has 0 bridgehead atoms. The van der Waals surface area contributed by atoms with E-state index in [9.17, 15) is 5.26 Å². The molecule has 1 aliphatic rings. The molecule has 0 spiro atoms. The zero-order chi connectivity index (χ0) is 13.4. The van der Waals surface area contributed by atoms with E-state index >= 15 is 0 Å². The number of ether oxygens (including phenoxy) is 1. The van der Waals surface area contributed by atoms with Crippen LogP contribution in [-0.2, 0) is 11.8 Å². The van der Waals surface area contributed by atoms with Crippen LogP contribution in [0, 0.1) is 18.3 Å². The van der Waals surface area contributed by atoms with E-state index in [1.54, 1.807) is 4.68 Å². The summed E-state index contributed by atoms with van der Waals surface area (Å²) in [4.78, 5) is 6.74. The summed E-state index contributed by atoms with van der Waals surface area (Å²) in [5, 5.41) is 14.6. The minimum atomic E-state index is 0.602. The highest BCUT2D eigenvalue weighted by Gasteiger charge is 2.19. The zero-order valence-electron chi connectivity index (χ0n) is 11.1. The molecular formula is C13H15N5O. The number of anilines is 1. The summed E-state index contributed by atoms with van der Waals surface area (Å²) in [5.41, 5.74) is 2.32. The van der Waals surface area contributed by atoms with Gasteiger partial charge in [0.15, 0.2) is 5.65 Å². The number of hydrogen-bond donors (Lipinski definition) is 0. The van der Waals surface area contributed by atoms with Crippen molar-refractivity contribution < 1.29 is 4.74 Å². The van der Waals surface area contributed by atoms with Crippen LogP contribution in [0.2, 0.25) is 0 Å². The average molecular weight is 257 g/mol. The Hall–Kier alpha value is -2.13. The largest absolute Gasteiger partial charge is 0.378 e. The van der Waals surface area contributed by atoms with Gasteiger partial charge in [0.1, 0.15) is 11.9 Å². The van der Waals surface area contributed by atoms with E-state index in [-0.39, 0.29) is 0 Å². The first kappa shape index (κ1) is 11.9. The summed E-state index contributed by atoms with van der Waals surface area (Å²) in [7, 11) is 1.87. The van der Waals surface area contributed by atoms with Gasteiger partial charge in [0, 0.05) is 25.5 Å². The zero-order valence-corrected chi connectivity index (χ0v) is 11.1. The summed E-state index contributed by atoms with van der Waals surface area (Å²) in [5.74, 6) is 0.737. The molecule has 0 aromatic carbocycles. The van der Waals surface area contributed by atoms with Crippen LogP contribution in [0.3, 0.4) is 0 Å². The predicted molar refractivity (Wildman–Crippen MR) is 71.0 cm³/mol. The lowest BCUT2D eigenvalue weighted by Crippen LogP contribution is -2.37. The van der Waals surface area contributed by atoms with Gasteiger partial charge < -0.3 is 9.64 Å². The number of hydrogen-bond acceptors (Lipinski definition) is 5. The van der Waals surface area contributed by atoms with Crippen LogP contribution in [0.25, 0.3) is 11.0 Å². The number of nitriles is 1. The van der Waals surface area contributed by atoms with E-state index in [1.807, 2.05) is 20.0 Å². The average Bonchev–Trinajstić information content (AvgIpc) is 2.73. The molecule has 0 saturated carbocycles. The molecule has 2 aromatic rings.